The van der Waals surface area contributed by atoms with E-state index in [0.29, 0.717) is 16.1 Å². The van der Waals surface area contributed by atoms with Crippen molar-refractivity contribution in [2.45, 2.75) is 11.8 Å². The van der Waals surface area contributed by atoms with Crippen LogP contribution in [0.15, 0.2) is 52.7 Å². The van der Waals surface area contributed by atoms with E-state index in [2.05, 4.69) is 4.72 Å². The normalized spacial score (nSPS) is 11.3. The molecule has 28 heavy (non-hydrogen) atoms. The molecule has 0 aliphatic heterocycles. The average Bonchev–Trinajstić information content (AvgIpc) is 3.10. The third kappa shape index (κ3) is 4.17. The van der Waals surface area contributed by atoms with E-state index in [1.165, 1.54) is 25.3 Å². The van der Waals surface area contributed by atoms with Gasteiger partial charge in [-0.2, -0.15) is 0 Å². The van der Waals surface area contributed by atoms with Crippen LogP contribution in [0.3, 0.4) is 0 Å². The lowest BCUT2D eigenvalue weighted by Crippen LogP contribution is -2.17. The molecule has 1 N–H and O–H groups in total. The van der Waals surface area contributed by atoms with E-state index < -0.39 is 16.0 Å². The van der Waals surface area contributed by atoms with Gasteiger partial charge in [-0.25, -0.2) is 13.2 Å². The van der Waals surface area contributed by atoms with E-state index in [1.54, 1.807) is 17.5 Å². The molecule has 0 aliphatic carbocycles. The molecular formula is C19H15Cl2NO4S2. The number of ether oxygens (including phenoxy) is 1. The maximum absolute atomic E-state index is 13.2. The number of esters is 1. The number of methoxy groups -OCH3 is 1. The molecule has 146 valence electrons. The van der Waals surface area contributed by atoms with Gasteiger partial charge in [0.1, 0.15) is 9.77 Å². The molecule has 0 unspecified atom stereocenters. The van der Waals surface area contributed by atoms with Gasteiger partial charge in [-0.05, 0) is 30.7 Å². The third-order valence-electron chi connectivity index (χ3n) is 3.92. The number of carbonyl (C=O) groups is 1. The highest BCUT2D eigenvalue weighted by molar-refractivity contribution is 7.93. The van der Waals surface area contributed by atoms with Crippen LogP contribution in [0.5, 0.6) is 0 Å². The largest absolute Gasteiger partial charge is 0.465 e. The number of aryl methyl sites for hydroxylation is 1. The van der Waals surface area contributed by atoms with Crippen LogP contribution in [0.4, 0.5) is 5.69 Å². The number of sulfonamides is 1. The van der Waals surface area contributed by atoms with E-state index >= 15 is 0 Å². The fourth-order valence-electron chi connectivity index (χ4n) is 2.55. The molecule has 2 aromatic carbocycles. The van der Waals surface area contributed by atoms with E-state index in [9.17, 15) is 13.2 Å². The van der Waals surface area contributed by atoms with Crippen LogP contribution in [0, 0.1) is 6.92 Å². The predicted octanol–water partition coefficient (Wildman–Crippen LogP) is 5.62. The Morgan fingerprint density at radius 1 is 1.11 bits per heavy atom. The van der Waals surface area contributed by atoms with Gasteiger partial charge in [0.2, 0.25) is 0 Å². The molecule has 0 bridgehead atoms. The molecule has 3 aromatic rings. The summed E-state index contributed by atoms with van der Waals surface area (Å²) in [6.45, 7) is 1.93. The molecule has 0 radical (unpaired) electrons. The summed E-state index contributed by atoms with van der Waals surface area (Å²) in [5.41, 5.74) is 2.26. The van der Waals surface area contributed by atoms with E-state index in [1.807, 2.05) is 19.1 Å². The lowest BCUT2D eigenvalue weighted by Gasteiger charge is -2.12. The standard InChI is InChI=1S/C19H15Cl2NO4S2/c1-11-3-5-12(6-4-11)14-10-27-17(19(23)26-2)18(14)28(24,25)22-16-8-7-13(20)9-15(16)21/h3-10,22H,1-2H3. The zero-order valence-corrected chi connectivity index (χ0v) is 18.0. The first-order chi connectivity index (χ1) is 13.2. The Morgan fingerprint density at radius 2 is 1.79 bits per heavy atom. The number of halogens is 2. The second kappa shape index (κ2) is 8.13. The Labute approximate surface area is 176 Å². The van der Waals surface area contributed by atoms with Crippen molar-refractivity contribution in [3.63, 3.8) is 0 Å². The topological polar surface area (TPSA) is 72.5 Å². The number of anilines is 1. The minimum atomic E-state index is -4.15. The van der Waals surface area contributed by atoms with Gasteiger partial charge in [-0.3, -0.25) is 4.72 Å². The first-order valence-corrected chi connectivity index (χ1v) is 11.1. The first kappa shape index (κ1) is 20.7. The average molecular weight is 456 g/mol. The van der Waals surface area contributed by atoms with Crippen molar-refractivity contribution in [3.8, 4) is 11.1 Å². The number of hydrogen-bond donors (Lipinski definition) is 1. The molecule has 1 heterocycles. The second-order valence-corrected chi connectivity index (χ2v) is 9.24. The van der Waals surface area contributed by atoms with Crippen molar-refractivity contribution in [2.75, 3.05) is 11.8 Å². The maximum Gasteiger partial charge on any atom is 0.349 e. The van der Waals surface area contributed by atoms with Gasteiger partial charge >= 0.3 is 5.97 Å². The molecule has 0 atom stereocenters. The highest BCUT2D eigenvalue weighted by Gasteiger charge is 2.30. The quantitative estimate of drug-likeness (QED) is 0.506. The SMILES string of the molecule is COC(=O)c1scc(-c2ccc(C)cc2)c1S(=O)(=O)Nc1ccc(Cl)cc1Cl. The van der Waals surface area contributed by atoms with Crippen molar-refractivity contribution in [3.05, 3.63) is 68.3 Å². The third-order valence-corrected chi connectivity index (χ3v) is 7.01. The number of hydrogen-bond acceptors (Lipinski definition) is 5. The summed E-state index contributed by atoms with van der Waals surface area (Å²) in [4.78, 5) is 12.0. The Balaban J connectivity index is 2.15. The molecule has 3 rings (SSSR count). The van der Waals surface area contributed by atoms with Crippen LogP contribution in [0.2, 0.25) is 10.0 Å². The number of carbonyl (C=O) groups excluding carboxylic acids is 1. The highest BCUT2D eigenvalue weighted by atomic mass is 35.5. The van der Waals surface area contributed by atoms with Crippen LogP contribution in [0.1, 0.15) is 15.2 Å². The van der Waals surface area contributed by atoms with E-state index in [0.717, 1.165) is 16.9 Å². The molecule has 0 aliphatic rings. The minimum Gasteiger partial charge on any atom is -0.465 e. The molecule has 0 saturated carbocycles. The molecule has 0 spiro atoms. The van der Waals surface area contributed by atoms with Crippen molar-refractivity contribution in [2.24, 2.45) is 0 Å². The summed E-state index contributed by atoms with van der Waals surface area (Å²) in [5.74, 6) is -0.731. The highest BCUT2D eigenvalue weighted by Crippen LogP contribution is 2.37. The van der Waals surface area contributed by atoms with Crippen molar-refractivity contribution >= 4 is 56.2 Å². The molecule has 9 heteroatoms. The lowest BCUT2D eigenvalue weighted by atomic mass is 10.1. The molecule has 5 nitrogen and oxygen atoms in total. The fraction of sp³-hybridized carbons (Fsp3) is 0.105. The zero-order chi connectivity index (χ0) is 20.5. The molecule has 1 aromatic heterocycles. The van der Waals surface area contributed by atoms with Crippen molar-refractivity contribution < 1.29 is 17.9 Å². The van der Waals surface area contributed by atoms with Crippen LogP contribution in [-0.4, -0.2) is 21.5 Å². The van der Waals surface area contributed by atoms with Gasteiger partial charge in [-0.15, -0.1) is 11.3 Å². The lowest BCUT2D eigenvalue weighted by molar-refractivity contribution is 0.0602. The number of rotatable bonds is 5. The summed E-state index contributed by atoms with van der Waals surface area (Å²) in [6.07, 6.45) is 0. The Kier molecular flexibility index (Phi) is 6.00. The van der Waals surface area contributed by atoms with Crippen LogP contribution < -0.4 is 4.72 Å². The summed E-state index contributed by atoms with van der Waals surface area (Å²) >= 11 is 13.0. The predicted molar refractivity (Wildman–Crippen MR) is 113 cm³/mol. The molecule has 0 saturated heterocycles. The van der Waals surface area contributed by atoms with Gasteiger partial charge in [0, 0.05) is 16.0 Å². The van der Waals surface area contributed by atoms with Crippen molar-refractivity contribution in [1.82, 2.24) is 0 Å². The second-order valence-electron chi connectivity index (χ2n) is 5.89. The Bertz CT molecular complexity index is 1140. The summed E-state index contributed by atoms with van der Waals surface area (Å²) < 4.78 is 33.6. The fourth-order valence-corrected chi connectivity index (χ4v) is 5.86. The zero-order valence-electron chi connectivity index (χ0n) is 14.8. The Morgan fingerprint density at radius 3 is 2.39 bits per heavy atom. The smallest absolute Gasteiger partial charge is 0.349 e. The van der Waals surface area contributed by atoms with Crippen molar-refractivity contribution in [1.29, 1.82) is 0 Å². The minimum absolute atomic E-state index is 0.0179. The summed E-state index contributed by atoms with van der Waals surface area (Å²) in [7, 11) is -2.95. The number of benzene rings is 2. The van der Waals surface area contributed by atoms with Gasteiger partial charge in [-0.1, -0.05) is 53.0 Å². The summed E-state index contributed by atoms with van der Waals surface area (Å²) in [6, 6.07) is 11.7. The maximum atomic E-state index is 13.2. The van der Waals surface area contributed by atoms with Gasteiger partial charge < -0.3 is 4.74 Å². The number of thiophene rings is 1. The van der Waals surface area contributed by atoms with Gasteiger partial charge in [0.15, 0.2) is 0 Å². The first-order valence-electron chi connectivity index (χ1n) is 7.97. The van der Waals surface area contributed by atoms with Crippen LogP contribution >= 0.6 is 34.5 Å². The monoisotopic (exact) mass is 455 g/mol. The number of nitrogens with one attached hydrogen (secondary N) is 1. The Hall–Kier alpha value is -2.06. The molecule has 0 amide bonds. The van der Waals surface area contributed by atoms with Gasteiger partial charge in [0.05, 0.1) is 17.8 Å². The molecular weight excluding hydrogens is 441 g/mol. The van der Waals surface area contributed by atoms with Crippen LogP contribution in [0.25, 0.3) is 11.1 Å². The summed E-state index contributed by atoms with van der Waals surface area (Å²) in [5, 5.41) is 2.14. The van der Waals surface area contributed by atoms with Crippen LogP contribution in [-0.2, 0) is 14.8 Å². The van der Waals surface area contributed by atoms with Gasteiger partial charge in [0.25, 0.3) is 10.0 Å². The molecule has 0 fully saturated rings. The van der Waals surface area contributed by atoms with E-state index in [4.69, 9.17) is 27.9 Å². The van der Waals surface area contributed by atoms with E-state index in [-0.39, 0.29) is 20.5 Å².